The fraction of sp³-hybridized carbons (Fsp3) is 0.190. The topological polar surface area (TPSA) is 59.3 Å². The molecular weight excluding hydrogens is 356 g/mol. The van der Waals surface area contributed by atoms with Crippen molar-refractivity contribution in [2.24, 2.45) is 0 Å². The van der Waals surface area contributed by atoms with Crippen molar-refractivity contribution in [3.8, 4) is 0 Å². The summed E-state index contributed by atoms with van der Waals surface area (Å²) in [4.78, 5) is 12.3. The van der Waals surface area contributed by atoms with Crippen LogP contribution in [0.4, 0.5) is 5.69 Å². The zero-order valence-electron chi connectivity index (χ0n) is 15.3. The van der Waals surface area contributed by atoms with Gasteiger partial charge in [0.25, 0.3) is 0 Å². The van der Waals surface area contributed by atoms with Gasteiger partial charge in [0.1, 0.15) is 0 Å². The molecule has 4 aromatic rings. The zero-order valence-corrected chi connectivity index (χ0v) is 16.1. The van der Waals surface area contributed by atoms with Crippen LogP contribution in [-0.4, -0.2) is 26.3 Å². The van der Waals surface area contributed by atoms with Gasteiger partial charge in [0.15, 0.2) is 10.8 Å². The average Bonchev–Trinajstić information content (AvgIpc) is 3.09. The maximum Gasteiger partial charge on any atom is 0.225 e. The van der Waals surface area contributed by atoms with E-state index in [1.165, 1.54) is 5.56 Å². The lowest BCUT2D eigenvalue weighted by atomic mass is 10.1. The molecule has 0 fully saturated rings. The van der Waals surface area contributed by atoms with E-state index in [-0.39, 0.29) is 5.91 Å². The van der Waals surface area contributed by atoms with Gasteiger partial charge in [-0.05, 0) is 54.6 Å². The number of nitrogens with zero attached hydrogens (tertiary/aromatic N) is 3. The standard InChI is InChI=1S/C21H20N4OS/c1-14-6-5-8-17(15(14)2)22-20(26)12-13-27-21-24-23-19-11-10-16-7-3-4-9-18(16)25(19)21/h3-11H,12-13H2,1-2H3,(H,22,26). The molecule has 0 aliphatic carbocycles. The van der Waals surface area contributed by atoms with E-state index in [9.17, 15) is 4.79 Å². The Kier molecular flexibility index (Phi) is 4.81. The summed E-state index contributed by atoms with van der Waals surface area (Å²) < 4.78 is 2.04. The van der Waals surface area contributed by atoms with Crippen molar-refractivity contribution >= 4 is 39.9 Å². The third-order valence-electron chi connectivity index (χ3n) is 4.69. The highest BCUT2D eigenvalue weighted by molar-refractivity contribution is 7.99. The van der Waals surface area contributed by atoms with Crippen LogP contribution in [-0.2, 0) is 4.79 Å². The fourth-order valence-electron chi connectivity index (χ4n) is 3.04. The lowest BCUT2D eigenvalue weighted by molar-refractivity contribution is -0.115. The number of carbonyl (C=O) groups is 1. The first-order valence-electron chi connectivity index (χ1n) is 8.85. The number of benzene rings is 2. The fourth-order valence-corrected chi connectivity index (χ4v) is 3.93. The quantitative estimate of drug-likeness (QED) is 0.516. The second-order valence-corrected chi connectivity index (χ2v) is 7.52. The summed E-state index contributed by atoms with van der Waals surface area (Å²) in [6, 6.07) is 18.1. The summed E-state index contributed by atoms with van der Waals surface area (Å²) >= 11 is 1.55. The molecule has 0 bridgehead atoms. The van der Waals surface area contributed by atoms with Gasteiger partial charge in [0, 0.05) is 17.9 Å². The molecule has 0 aliphatic heterocycles. The van der Waals surface area contributed by atoms with Crippen molar-refractivity contribution in [3.63, 3.8) is 0 Å². The van der Waals surface area contributed by atoms with Crippen LogP contribution < -0.4 is 5.32 Å². The largest absolute Gasteiger partial charge is 0.326 e. The Labute approximate surface area is 161 Å². The number of nitrogens with one attached hydrogen (secondary N) is 1. The molecule has 1 N–H and O–H groups in total. The van der Waals surface area contributed by atoms with Crippen molar-refractivity contribution in [1.29, 1.82) is 0 Å². The summed E-state index contributed by atoms with van der Waals surface area (Å²) in [5.74, 6) is 0.649. The maximum atomic E-state index is 12.3. The Morgan fingerprint density at radius 3 is 2.78 bits per heavy atom. The normalized spacial score (nSPS) is 11.2. The second-order valence-electron chi connectivity index (χ2n) is 6.46. The van der Waals surface area contributed by atoms with Gasteiger partial charge in [-0.25, -0.2) is 0 Å². The Bertz CT molecular complexity index is 1140. The van der Waals surface area contributed by atoms with Gasteiger partial charge in [-0.2, -0.15) is 0 Å². The average molecular weight is 376 g/mol. The van der Waals surface area contributed by atoms with Gasteiger partial charge in [-0.15, -0.1) is 10.2 Å². The van der Waals surface area contributed by atoms with Crippen molar-refractivity contribution in [2.75, 3.05) is 11.1 Å². The molecule has 2 aromatic carbocycles. The van der Waals surface area contributed by atoms with Gasteiger partial charge in [0.05, 0.1) is 5.52 Å². The van der Waals surface area contributed by atoms with Crippen LogP contribution in [0.2, 0.25) is 0 Å². The minimum atomic E-state index is 0.00915. The molecule has 0 saturated heterocycles. The molecule has 0 unspecified atom stereocenters. The zero-order chi connectivity index (χ0) is 18.8. The molecule has 27 heavy (non-hydrogen) atoms. The van der Waals surface area contributed by atoms with Crippen LogP contribution in [0.5, 0.6) is 0 Å². The summed E-state index contributed by atoms with van der Waals surface area (Å²) in [6.07, 6.45) is 0.414. The highest BCUT2D eigenvalue weighted by Crippen LogP contribution is 2.24. The molecule has 2 heterocycles. The highest BCUT2D eigenvalue weighted by atomic mass is 32.2. The van der Waals surface area contributed by atoms with Gasteiger partial charge >= 0.3 is 0 Å². The second kappa shape index (κ2) is 7.40. The monoisotopic (exact) mass is 376 g/mol. The lowest BCUT2D eigenvalue weighted by Crippen LogP contribution is -2.13. The molecule has 0 spiro atoms. The van der Waals surface area contributed by atoms with Gasteiger partial charge in [-0.3, -0.25) is 9.20 Å². The molecule has 5 nitrogen and oxygen atoms in total. The van der Waals surface area contributed by atoms with E-state index < -0.39 is 0 Å². The summed E-state index contributed by atoms with van der Waals surface area (Å²) in [5.41, 5.74) is 5.04. The predicted molar refractivity (Wildman–Crippen MR) is 110 cm³/mol. The lowest BCUT2D eigenvalue weighted by Gasteiger charge is -2.10. The Balaban J connectivity index is 1.45. The molecule has 2 aromatic heterocycles. The number of hydrogen-bond donors (Lipinski definition) is 1. The number of aryl methyl sites for hydroxylation is 1. The number of amides is 1. The number of hydrogen-bond acceptors (Lipinski definition) is 4. The number of anilines is 1. The highest BCUT2D eigenvalue weighted by Gasteiger charge is 2.11. The van der Waals surface area contributed by atoms with E-state index in [1.54, 1.807) is 11.8 Å². The maximum absolute atomic E-state index is 12.3. The molecule has 136 valence electrons. The first-order chi connectivity index (χ1) is 13.1. The van der Waals surface area contributed by atoms with Crippen LogP contribution in [0.3, 0.4) is 0 Å². The van der Waals surface area contributed by atoms with Crippen LogP contribution in [0, 0.1) is 13.8 Å². The van der Waals surface area contributed by atoms with Gasteiger partial charge in [0.2, 0.25) is 5.91 Å². The smallest absolute Gasteiger partial charge is 0.225 e. The van der Waals surface area contributed by atoms with E-state index in [0.717, 1.165) is 33.0 Å². The van der Waals surface area contributed by atoms with Crippen LogP contribution in [0.1, 0.15) is 17.5 Å². The van der Waals surface area contributed by atoms with Gasteiger partial charge in [-0.1, -0.05) is 42.1 Å². The number of thioether (sulfide) groups is 1. The van der Waals surface area contributed by atoms with E-state index in [4.69, 9.17) is 0 Å². The minimum Gasteiger partial charge on any atom is -0.326 e. The molecule has 1 amide bonds. The number of para-hydroxylation sites is 1. The van der Waals surface area contributed by atoms with Crippen molar-refractivity contribution in [3.05, 3.63) is 65.7 Å². The Morgan fingerprint density at radius 1 is 1.04 bits per heavy atom. The van der Waals surface area contributed by atoms with E-state index in [1.807, 2.05) is 60.7 Å². The number of carbonyl (C=O) groups excluding carboxylic acids is 1. The van der Waals surface area contributed by atoms with Crippen molar-refractivity contribution in [2.45, 2.75) is 25.4 Å². The van der Waals surface area contributed by atoms with Crippen molar-refractivity contribution < 1.29 is 4.79 Å². The summed E-state index contributed by atoms with van der Waals surface area (Å²) in [5, 5.41) is 13.5. The predicted octanol–water partition coefficient (Wildman–Crippen LogP) is 4.62. The molecule has 4 rings (SSSR count). The SMILES string of the molecule is Cc1cccc(NC(=O)CCSc2nnc3ccc4ccccc4n23)c1C. The Morgan fingerprint density at radius 2 is 1.89 bits per heavy atom. The van der Waals surface area contributed by atoms with Crippen molar-refractivity contribution in [1.82, 2.24) is 14.6 Å². The van der Waals surface area contributed by atoms with E-state index >= 15 is 0 Å². The third-order valence-corrected chi connectivity index (χ3v) is 5.62. The first-order valence-corrected chi connectivity index (χ1v) is 9.84. The number of pyridine rings is 1. The molecule has 0 radical (unpaired) electrons. The van der Waals surface area contributed by atoms with Crippen LogP contribution >= 0.6 is 11.8 Å². The Hall–Kier alpha value is -2.86. The first kappa shape index (κ1) is 17.5. The molecule has 0 atom stereocenters. The van der Waals surface area contributed by atoms with E-state index in [0.29, 0.717) is 12.2 Å². The molecule has 6 heteroatoms. The van der Waals surface area contributed by atoms with Gasteiger partial charge < -0.3 is 5.32 Å². The third kappa shape index (κ3) is 3.53. The molecule has 0 aliphatic rings. The summed E-state index contributed by atoms with van der Waals surface area (Å²) in [6.45, 7) is 4.06. The minimum absolute atomic E-state index is 0.00915. The molecule has 0 saturated carbocycles. The molecular formula is C21H20N4OS. The number of fused-ring (bicyclic) bond motifs is 3. The van der Waals surface area contributed by atoms with E-state index in [2.05, 4.69) is 27.6 Å². The number of aromatic nitrogens is 3. The van der Waals surface area contributed by atoms with Crippen LogP contribution in [0.15, 0.2) is 59.8 Å². The van der Waals surface area contributed by atoms with Crippen LogP contribution in [0.25, 0.3) is 16.6 Å². The summed E-state index contributed by atoms with van der Waals surface area (Å²) in [7, 11) is 0. The number of rotatable bonds is 5.